The Balaban J connectivity index is 1.79. The number of rotatable bonds is 15. The molecule has 0 atom stereocenters. The van der Waals surface area contributed by atoms with Gasteiger partial charge in [0.1, 0.15) is 0 Å². The largest absolute Gasteiger partial charge is 0.359 e. The lowest BCUT2D eigenvalue weighted by Gasteiger charge is -2.33. The van der Waals surface area contributed by atoms with E-state index in [1.165, 1.54) is 96.4 Å². The highest BCUT2D eigenvalue weighted by atomic mass is 15.4. The van der Waals surface area contributed by atoms with Crippen molar-refractivity contribution in [1.82, 2.24) is 9.80 Å². The summed E-state index contributed by atoms with van der Waals surface area (Å²) in [6, 6.07) is 0. The summed E-state index contributed by atoms with van der Waals surface area (Å²) in [5, 5.41) is 0. The van der Waals surface area contributed by atoms with Crippen LogP contribution in [0.3, 0.4) is 0 Å². The van der Waals surface area contributed by atoms with Crippen molar-refractivity contribution in [2.75, 3.05) is 13.2 Å². The van der Waals surface area contributed by atoms with Gasteiger partial charge in [0.2, 0.25) is 0 Å². The smallest absolute Gasteiger partial charge is 0.0898 e. The van der Waals surface area contributed by atoms with E-state index in [1.54, 1.807) is 0 Å². The Labute approximate surface area is 159 Å². The van der Waals surface area contributed by atoms with Crippen molar-refractivity contribution >= 4 is 0 Å². The average molecular weight is 351 g/mol. The molecule has 0 aromatic carbocycles. The van der Waals surface area contributed by atoms with Crippen molar-refractivity contribution < 1.29 is 0 Å². The summed E-state index contributed by atoms with van der Waals surface area (Å²) in [6.45, 7) is 11.4. The van der Waals surface area contributed by atoms with E-state index < -0.39 is 0 Å². The third-order valence-corrected chi connectivity index (χ3v) is 5.45. The molecule has 0 saturated heterocycles. The summed E-state index contributed by atoms with van der Waals surface area (Å²) in [6.07, 6.45) is 24.7. The fourth-order valence-corrected chi connectivity index (χ4v) is 3.56. The minimum absolute atomic E-state index is 0.251. The fraction of sp³-hybridized carbons (Fsp3) is 0.913. The molecule has 148 valence electrons. The van der Waals surface area contributed by atoms with E-state index in [9.17, 15) is 0 Å². The molecule has 0 aromatic heterocycles. The Morgan fingerprint density at radius 2 is 1.08 bits per heavy atom. The van der Waals surface area contributed by atoms with Gasteiger partial charge >= 0.3 is 0 Å². The first-order chi connectivity index (χ1) is 12.0. The highest BCUT2D eigenvalue weighted by Crippen LogP contribution is 2.19. The minimum Gasteiger partial charge on any atom is -0.359 e. The Hall–Kier alpha value is -0.660. The van der Waals surface area contributed by atoms with Crippen LogP contribution in [0.25, 0.3) is 0 Å². The van der Waals surface area contributed by atoms with Gasteiger partial charge in [-0.05, 0) is 27.2 Å². The molecule has 1 aliphatic heterocycles. The van der Waals surface area contributed by atoms with Crippen molar-refractivity contribution in [1.29, 1.82) is 0 Å². The van der Waals surface area contributed by atoms with Gasteiger partial charge in [-0.25, -0.2) is 0 Å². The van der Waals surface area contributed by atoms with Crippen molar-refractivity contribution in [2.24, 2.45) is 0 Å². The molecule has 0 N–H and O–H groups in total. The van der Waals surface area contributed by atoms with Crippen molar-refractivity contribution in [3.63, 3.8) is 0 Å². The maximum Gasteiger partial charge on any atom is 0.0898 e. The fourth-order valence-electron chi connectivity index (χ4n) is 3.56. The van der Waals surface area contributed by atoms with Crippen LogP contribution in [0.2, 0.25) is 0 Å². The van der Waals surface area contributed by atoms with E-state index >= 15 is 0 Å². The maximum atomic E-state index is 2.46. The van der Waals surface area contributed by atoms with E-state index in [1.807, 2.05) is 0 Å². The first-order valence-electron chi connectivity index (χ1n) is 11.2. The summed E-state index contributed by atoms with van der Waals surface area (Å²) < 4.78 is 0. The van der Waals surface area contributed by atoms with Crippen LogP contribution in [0.5, 0.6) is 0 Å². The molecule has 0 spiro atoms. The second kappa shape index (κ2) is 13.5. The zero-order valence-corrected chi connectivity index (χ0v) is 17.9. The number of nitrogens with zero attached hydrogens (tertiary/aromatic N) is 2. The number of unbranched alkanes of at least 4 members (excludes halogenated alkanes) is 13. The predicted molar refractivity (Wildman–Crippen MR) is 113 cm³/mol. The van der Waals surface area contributed by atoms with Gasteiger partial charge in [-0.1, -0.05) is 90.4 Å². The van der Waals surface area contributed by atoms with Gasteiger partial charge in [0.25, 0.3) is 0 Å². The molecule has 1 aliphatic rings. The predicted octanol–water partition coefficient (Wildman–Crippen LogP) is 7.31. The Bertz CT molecular complexity index is 329. The zero-order valence-electron chi connectivity index (χ0n) is 17.9. The summed E-state index contributed by atoms with van der Waals surface area (Å²) in [5.74, 6) is 0. The van der Waals surface area contributed by atoms with Crippen molar-refractivity contribution in [2.45, 2.75) is 123 Å². The summed E-state index contributed by atoms with van der Waals surface area (Å²) >= 11 is 0. The molecule has 2 heteroatoms. The average Bonchev–Trinajstić information content (AvgIpc) is 3.04. The third kappa shape index (κ3) is 11.5. The Kier molecular flexibility index (Phi) is 12.1. The topological polar surface area (TPSA) is 6.48 Å². The normalized spacial score (nSPS) is 14.7. The molecule has 1 heterocycles. The molecule has 0 fully saturated rings. The van der Waals surface area contributed by atoms with Crippen LogP contribution in [-0.4, -0.2) is 28.6 Å². The van der Waals surface area contributed by atoms with Crippen LogP contribution in [0, 0.1) is 0 Å². The molecule has 0 unspecified atom stereocenters. The van der Waals surface area contributed by atoms with Crippen LogP contribution >= 0.6 is 0 Å². The van der Waals surface area contributed by atoms with Gasteiger partial charge in [0.15, 0.2) is 0 Å². The molecule has 0 amide bonds. The van der Waals surface area contributed by atoms with Gasteiger partial charge in [0, 0.05) is 24.5 Å². The SMILES string of the molecule is CCCCCCCCCCCCCCCCN1C=CN(C(C)(C)C)C1. The molecule has 1 rings (SSSR count). The summed E-state index contributed by atoms with van der Waals surface area (Å²) in [7, 11) is 0. The molecular formula is C23H46N2. The Morgan fingerprint density at radius 1 is 0.640 bits per heavy atom. The van der Waals surface area contributed by atoms with E-state index in [0.717, 1.165) is 6.67 Å². The van der Waals surface area contributed by atoms with Crippen LogP contribution in [0.1, 0.15) is 118 Å². The molecule has 0 aliphatic carbocycles. The summed E-state index contributed by atoms with van der Waals surface area (Å²) in [5.41, 5.74) is 0.251. The number of hydrogen-bond acceptors (Lipinski definition) is 2. The number of hydrogen-bond donors (Lipinski definition) is 0. The van der Waals surface area contributed by atoms with Gasteiger partial charge < -0.3 is 9.80 Å². The molecule has 0 aromatic rings. The highest BCUT2D eigenvalue weighted by molar-refractivity contribution is 4.96. The van der Waals surface area contributed by atoms with Crippen LogP contribution < -0.4 is 0 Å². The van der Waals surface area contributed by atoms with Gasteiger partial charge in [-0.2, -0.15) is 0 Å². The quantitative estimate of drug-likeness (QED) is 0.286. The van der Waals surface area contributed by atoms with Gasteiger partial charge in [-0.3, -0.25) is 0 Å². The summed E-state index contributed by atoms with van der Waals surface area (Å²) in [4.78, 5) is 4.89. The third-order valence-electron chi connectivity index (χ3n) is 5.45. The second-order valence-electron chi connectivity index (χ2n) is 8.99. The Morgan fingerprint density at radius 3 is 1.48 bits per heavy atom. The standard InChI is InChI=1S/C23H46N2/c1-5-6-7-8-9-10-11-12-13-14-15-16-17-18-19-24-20-21-25(22-24)23(2,3)4/h20-21H,5-19,22H2,1-4H3. The second-order valence-corrected chi connectivity index (χ2v) is 8.99. The monoisotopic (exact) mass is 350 g/mol. The highest BCUT2D eigenvalue weighted by Gasteiger charge is 2.22. The molecule has 0 radical (unpaired) electrons. The molecule has 0 bridgehead atoms. The van der Waals surface area contributed by atoms with Crippen LogP contribution in [-0.2, 0) is 0 Å². The molecular weight excluding hydrogens is 304 g/mol. The van der Waals surface area contributed by atoms with E-state index in [0.29, 0.717) is 0 Å². The minimum atomic E-state index is 0.251. The first-order valence-corrected chi connectivity index (χ1v) is 11.2. The zero-order chi connectivity index (χ0) is 18.4. The maximum absolute atomic E-state index is 2.46. The van der Waals surface area contributed by atoms with Gasteiger partial charge in [-0.15, -0.1) is 0 Å². The van der Waals surface area contributed by atoms with Crippen LogP contribution in [0.15, 0.2) is 12.4 Å². The molecule has 25 heavy (non-hydrogen) atoms. The van der Waals surface area contributed by atoms with Crippen molar-refractivity contribution in [3.05, 3.63) is 12.4 Å². The van der Waals surface area contributed by atoms with Gasteiger partial charge in [0.05, 0.1) is 6.67 Å². The molecule has 0 saturated carbocycles. The van der Waals surface area contributed by atoms with E-state index in [2.05, 4.69) is 49.9 Å². The first kappa shape index (κ1) is 22.4. The van der Waals surface area contributed by atoms with Crippen LogP contribution in [0.4, 0.5) is 0 Å². The van der Waals surface area contributed by atoms with E-state index in [4.69, 9.17) is 0 Å². The molecule has 2 nitrogen and oxygen atoms in total. The lowest BCUT2D eigenvalue weighted by Crippen LogP contribution is -2.39. The van der Waals surface area contributed by atoms with E-state index in [-0.39, 0.29) is 5.54 Å². The lowest BCUT2D eigenvalue weighted by atomic mass is 10.0. The van der Waals surface area contributed by atoms with Crippen molar-refractivity contribution in [3.8, 4) is 0 Å². The lowest BCUT2D eigenvalue weighted by molar-refractivity contribution is 0.160.